The lowest BCUT2D eigenvalue weighted by Gasteiger charge is -2.10. The van der Waals surface area contributed by atoms with Crippen LogP contribution in [-0.4, -0.2) is 39.5 Å². The number of methoxy groups -OCH3 is 1. The van der Waals surface area contributed by atoms with Crippen LogP contribution in [0, 0.1) is 20.8 Å². The van der Waals surface area contributed by atoms with E-state index >= 15 is 0 Å². The highest BCUT2D eigenvalue weighted by molar-refractivity contribution is 7.99. The molecule has 0 fully saturated rings. The van der Waals surface area contributed by atoms with Crippen molar-refractivity contribution in [1.82, 2.24) is 14.8 Å². The SMILES string of the molecule is CCn1c(SCC(=O)Nc2scc(-c3cc(C)ccc3C)c2C(=O)OC)nnc1-c1cccc(C)c1. The van der Waals surface area contributed by atoms with Crippen molar-refractivity contribution in [3.8, 4) is 22.5 Å². The van der Waals surface area contributed by atoms with Crippen LogP contribution >= 0.6 is 23.1 Å². The van der Waals surface area contributed by atoms with Crippen LogP contribution in [0.1, 0.15) is 34.0 Å². The number of aryl methyl sites for hydroxylation is 3. The minimum absolute atomic E-state index is 0.128. The van der Waals surface area contributed by atoms with Crippen LogP contribution in [0.25, 0.3) is 22.5 Å². The number of benzene rings is 2. The van der Waals surface area contributed by atoms with Gasteiger partial charge in [0.05, 0.1) is 12.9 Å². The summed E-state index contributed by atoms with van der Waals surface area (Å²) < 4.78 is 7.05. The number of aromatic nitrogens is 3. The van der Waals surface area contributed by atoms with E-state index in [1.807, 2.05) is 74.0 Å². The van der Waals surface area contributed by atoms with Gasteiger partial charge in [0.1, 0.15) is 10.6 Å². The lowest BCUT2D eigenvalue weighted by atomic mass is 9.97. The van der Waals surface area contributed by atoms with Crippen molar-refractivity contribution in [2.24, 2.45) is 0 Å². The summed E-state index contributed by atoms with van der Waals surface area (Å²) in [4.78, 5) is 25.6. The first-order valence-electron chi connectivity index (χ1n) is 11.5. The standard InChI is InChI=1S/C27H28N4O3S2/c1-6-31-24(19-9-7-8-16(2)12-19)29-30-27(31)36-15-22(32)28-25-23(26(33)34-5)21(14-35-25)20-13-17(3)10-11-18(20)4/h7-14H,6,15H2,1-5H3,(H,28,32). The first-order chi connectivity index (χ1) is 17.3. The molecule has 36 heavy (non-hydrogen) atoms. The van der Waals surface area contributed by atoms with Crippen LogP contribution in [0.5, 0.6) is 0 Å². The molecule has 2 aromatic heterocycles. The van der Waals surface area contributed by atoms with Gasteiger partial charge in [-0.2, -0.15) is 0 Å². The third-order valence-electron chi connectivity index (χ3n) is 5.76. The number of nitrogens with zero attached hydrogens (tertiary/aromatic N) is 3. The molecule has 0 aliphatic rings. The predicted octanol–water partition coefficient (Wildman–Crippen LogP) is 6.14. The van der Waals surface area contributed by atoms with Gasteiger partial charge in [0, 0.05) is 23.1 Å². The Balaban J connectivity index is 1.53. The average molecular weight is 521 g/mol. The van der Waals surface area contributed by atoms with Crippen LogP contribution in [-0.2, 0) is 16.1 Å². The number of rotatable bonds is 8. The third kappa shape index (κ3) is 5.37. The third-order valence-corrected chi connectivity index (χ3v) is 7.62. The molecule has 0 bridgehead atoms. The van der Waals surface area contributed by atoms with Crippen LogP contribution in [0.2, 0.25) is 0 Å². The second-order valence-electron chi connectivity index (χ2n) is 8.42. The van der Waals surface area contributed by atoms with Crippen molar-refractivity contribution in [2.75, 3.05) is 18.2 Å². The van der Waals surface area contributed by atoms with Gasteiger partial charge in [0.25, 0.3) is 0 Å². The molecule has 2 heterocycles. The fourth-order valence-electron chi connectivity index (χ4n) is 3.95. The number of hydrogen-bond acceptors (Lipinski definition) is 7. The summed E-state index contributed by atoms with van der Waals surface area (Å²) in [5.41, 5.74) is 6.33. The molecule has 7 nitrogen and oxygen atoms in total. The van der Waals surface area contributed by atoms with Gasteiger partial charge in [-0.05, 0) is 44.9 Å². The molecule has 9 heteroatoms. The molecule has 2 aromatic carbocycles. The quantitative estimate of drug-likeness (QED) is 0.222. The largest absolute Gasteiger partial charge is 0.465 e. The van der Waals surface area contributed by atoms with Gasteiger partial charge >= 0.3 is 5.97 Å². The van der Waals surface area contributed by atoms with Gasteiger partial charge in [0.2, 0.25) is 5.91 Å². The van der Waals surface area contributed by atoms with Crippen molar-refractivity contribution in [2.45, 2.75) is 39.4 Å². The molecule has 1 amide bonds. The van der Waals surface area contributed by atoms with Gasteiger partial charge in [-0.1, -0.05) is 59.3 Å². The summed E-state index contributed by atoms with van der Waals surface area (Å²) in [6.45, 7) is 8.74. The number of carbonyl (C=O) groups excluding carboxylic acids is 2. The smallest absolute Gasteiger partial charge is 0.341 e. The molecule has 0 saturated carbocycles. The molecule has 0 saturated heterocycles. The molecule has 0 aliphatic heterocycles. The number of carbonyl (C=O) groups is 2. The summed E-state index contributed by atoms with van der Waals surface area (Å²) in [5, 5.41) is 14.6. The Labute approximate surface area is 218 Å². The maximum atomic E-state index is 12.9. The molecule has 0 radical (unpaired) electrons. The van der Waals surface area contributed by atoms with Crippen LogP contribution < -0.4 is 5.32 Å². The Kier molecular flexibility index (Phi) is 7.91. The van der Waals surface area contributed by atoms with Crippen molar-refractivity contribution >= 4 is 40.0 Å². The summed E-state index contributed by atoms with van der Waals surface area (Å²) >= 11 is 2.63. The molecule has 0 unspecified atom stereocenters. The topological polar surface area (TPSA) is 86.1 Å². The second kappa shape index (κ2) is 11.1. The van der Waals surface area contributed by atoms with Crippen LogP contribution in [0.15, 0.2) is 53.0 Å². The maximum absolute atomic E-state index is 12.9. The van der Waals surface area contributed by atoms with E-state index in [0.29, 0.717) is 22.3 Å². The minimum Gasteiger partial charge on any atom is -0.465 e. The van der Waals surface area contributed by atoms with Crippen molar-refractivity contribution in [3.05, 3.63) is 70.1 Å². The van der Waals surface area contributed by atoms with E-state index in [4.69, 9.17) is 4.74 Å². The molecule has 0 atom stereocenters. The number of anilines is 1. The van der Waals surface area contributed by atoms with Gasteiger partial charge in [-0.3, -0.25) is 4.79 Å². The van der Waals surface area contributed by atoms with Crippen molar-refractivity contribution in [1.29, 1.82) is 0 Å². The Hall–Kier alpha value is -3.43. The predicted molar refractivity (Wildman–Crippen MR) is 146 cm³/mol. The first kappa shape index (κ1) is 25.7. The molecular formula is C27H28N4O3S2. The van der Waals surface area contributed by atoms with E-state index in [1.54, 1.807) is 0 Å². The highest BCUT2D eigenvalue weighted by Gasteiger charge is 2.24. The number of amides is 1. The van der Waals surface area contributed by atoms with Crippen molar-refractivity contribution < 1.29 is 14.3 Å². The van der Waals surface area contributed by atoms with Gasteiger partial charge in [-0.25, -0.2) is 4.79 Å². The highest BCUT2D eigenvalue weighted by Crippen LogP contribution is 2.38. The number of thiophene rings is 1. The Morgan fingerprint density at radius 1 is 1.06 bits per heavy atom. The van der Waals surface area contributed by atoms with E-state index in [2.05, 4.69) is 21.6 Å². The zero-order valence-corrected chi connectivity index (χ0v) is 22.5. The van der Waals surface area contributed by atoms with E-state index in [-0.39, 0.29) is 11.7 Å². The Bertz CT molecular complexity index is 1420. The van der Waals surface area contributed by atoms with Crippen molar-refractivity contribution in [3.63, 3.8) is 0 Å². The fourth-order valence-corrected chi connectivity index (χ4v) is 5.72. The van der Waals surface area contributed by atoms with E-state index in [9.17, 15) is 9.59 Å². The second-order valence-corrected chi connectivity index (χ2v) is 10.2. The molecule has 1 N–H and O–H groups in total. The minimum atomic E-state index is -0.483. The first-order valence-corrected chi connectivity index (χ1v) is 13.4. The lowest BCUT2D eigenvalue weighted by molar-refractivity contribution is -0.113. The van der Waals surface area contributed by atoms with E-state index in [0.717, 1.165) is 39.2 Å². The van der Waals surface area contributed by atoms with Crippen LogP contribution in [0.4, 0.5) is 5.00 Å². The van der Waals surface area contributed by atoms with Gasteiger partial charge in [-0.15, -0.1) is 21.5 Å². The summed E-state index contributed by atoms with van der Waals surface area (Å²) in [6.07, 6.45) is 0. The Morgan fingerprint density at radius 2 is 1.83 bits per heavy atom. The summed E-state index contributed by atoms with van der Waals surface area (Å²) in [5.74, 6) is 0.183. The summed E-state index contributed by atoms with van der Waals surface area (Å²) in [7, 11) is 1.34. The monoisotopic (exact) mass is 520 g/mol. The number of nitrogens with one attached hydrogen (secondary N) is 1. The highest BCUT2D eigenvalue weighted by atomic mass is 32.2. The van der Waals surface area contributed by atoms with Gasteiger partial charge < -0.3 is 14.6 Å². The van der Waals surface area contributed by atoms with E-state index in [1.165, 1.54) is 30.2 Å². The molecule has 0 spiro atoms. The molecule has 4 rings (SSSR count). The van der Waals surface area contributed by atoms with E-state index < -0.39 is 5.97 Å². The molecular weight excluding hydrogens is 492 g/mol. The zero-order chi connectivity index (χ0) is 25.8. The van der Waals surface area contributed by atoms with Gasteiger partial charge in [0.15, 0.2) is 11.0 Å². The maximum Gasteiger partial charge on any atom is 0.341 e. The molecule has 186 valence electrons. The molecule has 4 aromatic rings. The lowest BCUT2D eigenvalue weighted by Crippen LogP contribution is -2.16. The average Bonchev–Trinajstić information content (AvgIpc) is 3.47. The normalized spacial score (nSPS) is 10.9. The van der Waals surface area contributed by atoms with Crippen LogP contribution in [0.3, 0.4) is 0 Å². The molecule has 0 aliphatic carbocycles. The number of thioether (sulfide) groups is 1. The number of hydrogen-bond donors (Lipinski definition) is 1. The number of esters is 1. The fraction of sp³-hybridized carbons (Fsp3) is 0.259. The summed E-state index contributed by atoms with van der Waals surface area (Å²) in [6, 6.07) is 14.2. The number of ether oxygens (including phenoxy) is 1. The Morgan fingerprint density at radius 3 is 2.56 bits per heavy atom. The zero-order valence-electron chi connectivity index (χ0n) is 20.9.